The van der Waals surface area contributed by atoms with Gasteiger partial charge in [-0.05, 0) is 36.4 Å². The van der Waals surface area contributed by atoms with Gasteiger partial charge in [-0.15, -0.1) is 0 Å². The fourth-order valence-electron chi connectivity index (χ4n) is 3.03. The summed E-state index contributed by atoms with van der Waals surface area (Å²) in [5, 5.41) is 4.40. The number of hydrogen-bond acceptors (Lipinski definition) is 5. The van der Waals surface area contributed by atoms with Crippen LogP contribution in [0.25, 0.3) is 11.5 Å². The Morgan fingerprint density at radius 1 is 1.03 bits per heavy atom. The van der Waals surface area contributed by atoms with Crippen molar-refractivity contribution in [2.24, 2.45) is 0 Å². The lowest BCUT2D eigenvalue weighted by atomic mass is 10.2. The number of aromatic nitrogens is 4. The van der Waals surface area contributed by atoms with E-state index in [1.807, 2.05) is 16.7 Å². The number of nitrogens with one attached hydrogen (secondary N) is 1. The maximum atomic E-state index is 12.0. The lowest BCUT2D eigenvalue weighted by Gasteiger charge is -2.16. The molecule has 0 spiro atoms. The smallest absolute Gasteiger partial charge is 0.253 e. The molecular formula is C21H18Cl2N6O. The molecule has 2 aromatic rings. The van der Waals surface area contributed by atoms with E-state index >= 15 is 0 Å². The third-order valence-corrected chi connectivity index (χ3v) is 5.30. The van der Waals surface area contributed by atoms with Crippen LogP contribution in [-0.2, 0) is 6.54 Å². The molecule has 2 aromatic carbocycles. The molecule has 0 radical (unpaired) electrons. The number of carbonyl (C=O) groups is 1. The van der Waals surface area contributed by atoms with E-state index in [2.05, 4.69) is 20.3 Å². The van der Waals surface area contributed by atoms with Crippen molar-refractivity contribution in [3.05, 3.63) is 76.3 Å². The predicted octanol–water partition coefficient (Wildman–Crippen LogP) is 4.58. The monoisotopic (exact) mass is 440 g/mol. The minimum absolute atomic E-state index is 0.0528. The second-order valence-corrected chi connectivity index (χ2v) is 7.68. The van der Waals surface area contributed by atoms with Crippen LogP contribution in [0.1, 0.15) is 15.9 Å². The van der Waals surface area contributed by atoms with Crippen molar-refractivity contribution >= 4 is 40.6 Å². The normalized spacial score (nSPS) is 10.9. The SMILES string of the molecule is CN(C)C(=O)c1ccc(Nc2ncn(Cc3c(Cl)cccc3Cl)c3ncnc2-3)cc1. The van der Waals surface area contributed by atoms with Crippen LogP contribution in [0.15, 0.2) is 55.1 Å². The molecule has 1 amide bonds. The topological polar surface area (TPSA) is 75.9 Å². The highest BCUT2D eigenvalue weighted by Crippen LogP contribution is 2.30. The van der Waals surface area contributed by atoms with E-state index in [4.69, 9.17) is 23.2 Å². The van der Waals surface area contributed by atoms with Gasteiger partial charge in [0, 0.05) is 41.0 Å². The highest BCUT2D eigenvalue weighted by Gasteiger charge is 2.19. The summed E-state index contributed by atoms with van der Waals surface area (Å²) < 4.78 is 1.85. The Balaban J connectivity index is 1.60. The molecule has 9 heteroatoms. The summed E-state index contributed by atoms with van der Waals surface area (Å²) in [4.78, 5) is 26.8. The fraction of sp³-hybridized carbons (Fsp3) is 0.143. The lowest BCUT2D eigenvalue weighted by molar-refractivity contribution is 0.0827. The standard InChI is InChI=1S/C21H18Cl2N6O/c1-28(2)21(30)13-6-8-14(9-7-13)27-19-18-20(25-11-24-18)29(12-26-19)10-15-16(22)4-3-5-17(15)23/h3-9,11-12,27H,10H2,1-2H3. The Bertz CT molecular complexity index is 1150. The predicted molar refractivity (Wildman–Crippen MR) is 118 cm³/mol. The van der Waals surface area contributed by atoms with Crippen LogP contribution in [0.2, 0.25) is 10.0 Å². The molecule has 4 rings (SSSR count). The Hall–Kier alpha value is -3.16. The number of halogens is 2. The Morgan fingerprint density at radius 3 is 2.40 bits per heavy atom. The van der Waals surface area contributed by atoms with E-state index < -0.39 is 0 Å². The molecule has 0 unspecified atom stereocenters. The van der Waals surface area contributed by atoms with Crippen LogP contribution in [0.4, 0.5) is 11.5 Å². The lowest BCUT2D eigenvalue weighted by Crippen LogP contribution is -2.21. The Kier molecular flexibility index (Phi) is 5.57. The second kappa shape index (κ2) is 8.30. The minimum atomic E-state index is -0.0528. The largest absolute Gasteiger partial charge is 0.345 e. The molecule has 2 aliphatic heterocycles. The molecule has 0 aliphatic carbocycles. The molecule has 2 heterocycles. The van der Waals surface area contributed by atoms with Crippen LogP contribution in [0.3, 0.4) is 0 Å². The molecule has 152 valence electrons. The maximum absolute atomic E-state index is 12.0. The molecule has 2 aliphatic rings. The van der Waals surface area contributed by atoms with Gasteiger partial charge in [-0.1, -0.05) is 29.3 Å². The minimum Gasteiger partial charge on any atom is -0.345 e. The maximum Gasteiger partial charge on any atom is 0.253 e. The first-order valence-corrected chi connectivity index (χ1v) is 9.87. The molecule has 1 N–H and O–H groups in total. The zero-order valence-electron chi connectivity index (χ0n) is 16.3. The molecule has 7 nitrogen and oxygen atoms in total. The highest BCUT2D eigenvalue weighted by molar-refractivity contribution is 6.36. The van der Waals surface area contributed by atoms with Gasteiger partial charge in [0.1, 0.15) is 6.33 Å². The van der Waals surface area contributed by atoms with Gasteiger partial charge in [-0.3, -0.25) is 4.79 Å². The summed E-state index contributed by atoms with van der Waals surface area (Å²) in [7, 11) is 3.44. The van der Waals surface area contributed by atoms with Crippen LogP contribution in [0.5, 0.6) is 0 Å². The second-order valence-electron chi connectivity index (χ2n) is 6.87. The van der Waals surface area contributed by atoms with Gasteiger partial charge >= 0.3 is 0 Å². The van der Waals surface area contributed by atoms with Gasteiger partial charge in [0.25, 0.3) is 5.91 Å². The number of imidazole rings is 1. The van der Waals surface area contributed by atoms with Crippen molar-refractivity contribution in [2.75, 3.05) is 19.4 Å². The number of nitrogens with zero attached hydrogens (tertiary/aromatic N) is 5. The van der Waals surface area contributed by atoms with E-state index in [1.54, 1.807) is 50.8 Å². The molecule has 0 saturated heterocycles. The van der Waals surface area contributed by atoms with Gasteiger partial charge in [0.05, 0.1) is 12.9 Å². The van der Waals surface area contributed by atoms with Crippen molar-refractivity contribution in [2.45, 2.75) is 6.54 Å². The quantitative estimate of drug-likeness (QED) is 0.491. The van der Waals surface area contributed by atoms with Crippen molar-refractivity contribution in [1.29, 1.82) is 0 Å². The van der Waals surface area contributed by atoms with Crippen LogP contribution in [0, 0.1) is 0 Å². The van der Waals surface area contributed by atoms with Crippen molar-refractivity contribution < 1.29 is 4.79 Å². The zero-order chi connectivity index (χ0) is 21.3. The molecule has 30 heavy (non-hydrogen) atoms. The van der Waals surface area contributed by atoms with Gasteiger partial charge < -0.3 is 14.8 Å². The summed E-state index contributed by atoms with van der Waals surface area (Å²) in [6.45, 7) is 0.419. The molecule has 0 bridgehead atoms. The van der Waals surface area contributed by atoms with E-state index in [-0.39, 0.29) is 5.91 Å². The van der Waals surface area contributed by atoms with Gasteiger partial charge in [0.2, 0.25) is 0 Å². The van der Waals surface area contributed by atoms with Crippen LogP contribution >= 0.6 is 23.2 Å². The molecule has 0 saturated carbocycles. The average Bonchev–Trinajstić information content (AvgIpc) is 3.23. The molecule has 0 fully saturated rings. The van der Waals surface area contributed by atoms with E-state index in [9.17, 15) is 4.79 Å². The summed E-state index contributed by atoms with van der Waals surface area (Å²) in [6, 6.07) is 12.6. The van der Waals surface area contributed by atoms with Crippen molar-refractivity contribution in [1.82, 2.24) is 24.4 Å². The summed E-state index contributed by atoms with van der Waals surface area (Å²) in [6.07, 6.45) is 3.16. The first-order valence-electron chi connectivity index (χ1n) is 9.11. The summed E-state index contributed by atoms with van der Waals surface area (Å²) in [5.74, 6) is 1.17. The number of anilines is 2. The number of hydrogen-bond donors (Lipinski definition) is 1. The number of amides is 1. The van der Waals surface area contributed by atoms with Gasteiger partial charge in [-0.25, -0.2) is 15.0 Å². The number of rotatable bonds is 5. The first kappa shape index (κ1) is 20.1. The van der Waals surface area contributed by atoms with Gasteiger partial charge in [-0.2, -0.15) is 0 Å². The third-order valence-electron chi connectivity index (χ3n) is 4.59. The Morgan fingerprint density at radius 2 is 1.73 bits per heavy atom. The third kappa shape index (κ3) is 3.94. The van der Waals surface area contributed by atoms with Gasteiger partial charge in [0.15, 0.2) is 17.3 Å². The van der Waals surface area contributed by atoms with E-state index in [1.165, 1.54) is 11.2 Å². The van der Waals surface area contributed by atoms with E-state index in [0.29, 0.717) is 39.5 Å². The highest BCUT2D eigenvalue weighted by atomic mass is 35.5. The fourth-order valence-corrected chi connectivity index (χ4v) is 3.55. The molecule has 0 atom stereocenters. The van der Waals surface area contributed by atoms with Crippen molar-refractivity contribution in [3.8, 4) is 11.5 Å². The zero-order valence-corrected chi connectivity index (χ0v) is 17.8. The van der Waals surface area contributed by atoms with Crippen LogP contribution in [-0.4, -0.2) is 44.4 Å². The van der Waals surface area contributed by atoms with Crippen LogP contribution < -0.4 is 5.32 Å². The summed E-state index contributed by atoms with van der Waals surface area (Å²) >= 11 is 12.6. The first-order chi connectivity index (χ1) is 14.4. The molecular weight excluding hydrogens is 423 g/mol. The molecule has 0 aromatic heterocycles. The number of benzene rings is 2. The number of fused-ring (bicyclic) bond motifs is 1. The number of carbonyl (C=O) groups excluding carboxylic acids is 1. The van der Waals surface area contributed by atoms with Crippen molar-refractivity contribution in [3.63, 3.8) is 0 Å². The summed E-state index contributed by atoms with van der Waals surface area (Å²) in [5.41, 5.74) is 2.81. The average molecular weight is 441 g/mol. The van der Waals surface area contributed by atoms with E-state index in [0.717, 1.165) is 11.3 Å². The Labute approximate surface area is 183 Å².